The van der Waals surface area contributed by atoms with Gasteiger partial charge in [-0.2, -0.15) is 0 Å². The molecule has 0 heterocycles. The molecule has 7 nitrogen and oxygen atoms in total. The minimum Gasteiger partial charge on any atom is 1.00 e. The zero-order chi connectivity index (χ0) is 11.5. The molecule has 0 bridgehead atoms. The Balaban J connectivity index is 0. The Kier molecular flexibility index (Phi) is 10.2. The number of carbonyl (C=O) groups excluding carboxylic acids is 1. The number of carbonyl (C=O) groups is 1. The van der Waals surface area contributed by atoms with Gasteiger partial charge in [-0.15, -0.1) is 0 Å². The SMILES string of the molecule is O=C([O-])[C@@](O)([Bi])[C@@H](O)[C@H](O)[C@H](O)CO.[K+]. The zero-order valence-electron chi connectivity index (χ0n) is 7.94. The van der Waals surface area contributed by atoms with Gasteiger partial charge in [0.15, 0.2) is 0 Å². The summed E-state index contributed by atoms with van der Waals surface area (Å²) in [5.74, 6) is -1.94. The zero-order valence-corrected chi connectivity index (χ0v) is 14.5. The van der Waals surface area contributed by atoms with Crippen molar-refractivity contribution in [2.24, 2.45) is 0 Å². The molecule has 0 unspecified atom stereocenters. The van der Waals surface area contributed by atoms with Crippen LogP contribution in [-0.4, -0.2) is 84.4 Å². The summed E-state index contributed by atoms with van der Waals surface area (Å²) in [7, 11) is 0. The third kappa shape index (κ3) is 5.31. The van der Waals surface area contributed by atoms with Gasteiger partial charge in [-0.3, -0.25) is 0 Å². The van der Waals surface area contributed by atoms with Gasteiger partial charge in [0.05, 0.1) is 0 Å². The first-order chi connectivity index (χ1) is 6.25. The Hall–Kier alpha value is 1.79. The second-order valence-corrected chi connectivity index (χ2v) is 5.35. The molecule has 0 aromatic rings. The molecule has 9 heteroatoms. The van der Waals surface area contributed by atoms with Crippen LogP contribution >= 0.6 is 0 Å². The monoisotopic (exact) mass is 442 g/mol. The maximum Gasteiger partial charge on any atom is 1.00 e. The number of aliphatic hydroxyl groups excluding tert-OH is 4. The molecule has 2 radical (unpaired) electrons. The summed E-state index contributed by atoms with van der Waals surface area (Å²) in [4.78, 5) is 10.3. The van der Waals surface area contributed by atoms with E-state index in [-0.39, 0.29) is 76.1 Å². The quantitative estimate of drug-likeness (QED) is 0.267. The maximum absolute atomic E-state index is 10.3. The van der Waals surface area contributed by atoms with Crippen LogP contribution in [0.4, 0.5) is 0 Å². The van der Waals surface area contributed by atoms with Crippen molar-refractivity contribution in [2.45, 2.75) is 21.6 Å². The van der Waals surface area contributed by atoms with E-state index >= 15 is 0 Å². The summed E-state index contributed by atoms with van der Waals surface area (Å²) in [5.41, 5.74) is 0. The van der Waals surface area contributed by atoms with Crippen molar-refractivity contribution in [3.63, 3.8) is 0 Å². The topological polar surface area (TPSA) is 141 Å². The molecule has 82 valence electrons. The second-order valence-electron chi connectivity index (χ2n) is 2.70. The van der Waals surface area contributed by atoms with E-state index in [9.17, 15) is 9.90 Å². The standard InChI is InChI=1S/C6H11O7.Bi.K/c7-1-2(8)3(9)4(10)5(11)6(12)13;;/h2-4,7-11H,1H2,(H,12,13);;/q;;+1/p-1/t2-,3-,4+;;/m1../s1. The Morgan fingerprint density at radius 2 is 1.80 bits per heavy atom. The van der Waals surface area contributed by atoms with Crippen molar-refractivity contribution >= 4 is 30.7 Å². The normalized spacial score (nSPS) is 20.7. The molecule has 0 saturated carbocycles. The van der Waals surface area contributed by atoms with Crippen LogP contribution in [0.2, 0.25) is 0 Å². The van der Waals surface area contributed by atoms with E-state index in [0.717, 1.165) is 0 Å². The molecule has 0 aliphatic heterocycles. The fraction of sp³-hybridized carbons (Fsp3) is 0.833. The summed E-state index contributed by atoms with van der Waals surface area (Å²) in [5, 5.41) is 55.0. The van der Waals surface area contributed by atoms with Crippen LogP contribution in [-0.2, 0) is 4.79 Å². The van der Waals surface area contributed by atoms with Gasteiger partial charge in [0.2, 0.25) is 0 Å². The fourth-order valence-electron chi connectivity index (χ4n) is 0.677. The molecule has 5 N–H and O–H groups in total. The summed E-state index contributed by atoms with van der Waals surface area (Å²) in [6.07, 6.45) is -5.78. The number of hydrogen-bond acceptors (Lipinski definition) is 7. The van der Waals surface area contributed by atoms with E-state index in [2.05, 4.69) is 0 Å². The number of aliphatic carboxylic acids is 1. The first kappa shape index (κ1) is 19.1. The van der Waals surface area contributed by atoms with Crippen LogP contribution in [0, 0.1) is 0 Å². The molecule has 0 rings (SSSR count). The van der Waals surface area contributed by atoms with Crippen molar-refractivity contribution in [3.8, 4) is 0 Å². The van der Waals surface area contributed by atoms with Gasteiger partial charge in [-0.1, -0.05) is 0 Å². The number of rotatable bonds is 5. The van der Waals surface area contributed by atoms with Crippen LogP contribution in [0.25, 0.3) is 0 Å². The van der Waals surface area contributed by atoms with Crippen molar-refractivity contribution in [2.75, 3.05) is 6.61 Å². The number of hydrogen-bond donors (Lipinski definition) is 5. The molecule has 0 saturated heterocycles. The minimum absolute atomic E-state index is 0. The predicted octanol–water partition coefficient (Wildman–Crippen LogP) is -8.33. The summed E-state index contributed by atoms with van der Waals surface area (Å²) in [6.45, 7) is -0.861. The molecular weight excluding hydrogens is 432 g/mol. The molecule has 4 atom stereocenters. The van der Waals surface area contributed by atoms with E-state index in [1.54, 1.807) is 0 Å². The summed E-state index contributed by atoms with van der Waals surface area (Å²) in [6, 6.07) is 0. The smallest absolute Gasteiger partial charge is 1.00 e. The van der Waals surface area contributed by atoms with Gasteiger partial charge < -0.3 is 0 Å². The Labute approximate surface area is 143 Å². The molecule has 0 aromatic carbocycles. The van der Waals surface area contributed by atoms with Gasteiger partial charge in [0, 0.05) is 0 Å². The average Bonchev–Trinajstić information content (AvgIpc) is 2.13. The molecule has 0 amide bonds. The van der Waals surface area contributed by atoms with E-state index in [1.807, 2.05) is 0 Å². The number of carboxylic acid groups (broad SMARTS) is 1. The Bertz CT molecular complexity index is 212. The number of carboxylic acids is 1. The van der Waals surface area contributed by atoms with Gasteiger partial charge >= 0.3 is 146 Å². The number of aliphatic hydroxyl groups is 5. The fourth-order valence-corrected chi connectivity index (χ4v) is 1.27. The summed E-state index contributed by atoms with van der Waals surface area (Å²) >= 11 is -0.175. The van der Waals surface area contributed by atoms with Crippen LogP contribution < -0.4 is 56.5 Å². The van der Waals surface area contributed by atoms with Crippen LogP contribution in [0.1, 0.15) is 0 Å². The third-order valence-electron chi connectivity index (χ3n) is 1.62. The molecule has 0 aromatic heterocycles. The molecule has 0 fully saturated rings. The Morgan fingerprint density at radius 3 is 2.07 bits per heavy atom. The third-order valence-corrected chi connectivity index (χ3v) is 3.36. The van der Waals surface area contributed by atoms with Gasteiger partial charge in [-0.05, 0) is 0 Å². The minimum atomic E-state index is -2.59. The first-order valence-corrected chi connectivity index (χ1v) is 5.30. The van der Waals surface area contributed by atoms with Gasteiger partial charge in [0.25, 0.3) is 0 Å². The van der Waals surface area contributed by atoms with Gasteiger partial charge in [0.1, 0.15) is 0 Å². The molecule has 0 aliphatic rings. The van der Waals surface area contributed by atoms with Gasteiger partial charge in [-0.25, -0.2) is 0 Å². The molecule has 0 spiro atoms. The molecule has 15 heavy (non-hydrogen) atoms. The Morgan fingerprint density at radius 1 is 1.40 bits per heavy atom. The van der Waals surface area contributed by atoms with E-state index in [4.69, 9.17) is 25.5 Å². The van der Waals surface area contributed by atoms with Crippen molar-refractivity contribution < 1.29 is 86.8 Å². The largest absolute Gasteiger partial charge is 1.00 e. The second kappa shape index (κ2) is 7.99. The molecule has 0 aliphatic carbocycles. The van der Waals surface area contributed by atoms with Crippen molar-refractivity contribution in [1.29, 1.82) is 0 Å². The maximum atomic E-state index is 10.3. The van der Waals surface area contributed by atoms with Crippen molar-refractivity contribution in [1.82, 2.24) is 0 Å². The van der Waals surface area contributed by atoms with Crippen LogP contribution in [0.3, 0.4) is 0 Å². The van der Waals surface area contributed by atoms with Crippen LogP contribution in [0.15, 0.2) is 0 Å². The first-order valence-electron chi connectivity index (χ1n) is 3.56. The van der Waals surface area contributed by atoms with E-state index in [1.165, 1.54) is 0 Å². The van der Waals surface area contributed by atoms with E-state index < -0.39 is 34.2 Å². The van der Waals surface area contributed by atoms with E-state index in [0.29, 0.717) is 0 Å². The summed E-state index contributed by atoms with van der Waals surface area (Å²) < 4.78 is -2.59. The average molecular weight is 442 g/mol. The van der Waals surface area contributed by atoms with Crippen LogP contribution in [0.5, 0.6) is 0 Å². The molecular formula is C6H10BiKO7. The van der Waals surface area contributed by atoms with Crippen molar-refractivity contribution in [3.05, 3.63) is 0 Å². The predicted molar refractivity (Wildman–Crippen MR) is 40.8 cm³/mol.